The third kappa shape index (κ3) is 1.86. The first-order chi connectivity index (χ1) is 7.57. The van der Waals surface area contributed by atoms with E-state index in [1.807, 2.05) is 6.07 Å². The van der Waals surface area contributed by atoms with Crippen molar-refractivity contribution in [3.8, 4) is 5.75 Å². The van der Waals surface area contributed by atoms with Gasteiger partial charge in [-0.1, -0.05) is 13.0 Å². The van der Waals surface area contributed by atoms with Gasteiger partial charge >= 0.3 is 0 Å². The molecule has 0 radical (unpaired) electrons. The molecular weight excluding hydrogens is 228 g/mol. The van der Waals surface area contributed by atoms with E-state index < -0.39 is 11.1 Å². The molecule has 1 aromatic carbocycles. The summed E-state index contributed by atoms with van der Waals surface area (Å²) in [6.07, 6.45) is 0. The minimum atomic E-state index is -2.28. The fourth-order valence-electron chi connectivity index (χ4n) is 1.76. The lowest BCUT2D eigenvalue weighted by Gasteiger charge is -2.38. The first kappa shape index (κ1) is 11.6. The second-order valence-corrected chi connectivity index (χ2v) is 5.06. The molecular formula is C11H13O4S-. The summed E-state index contributed by atoms with van der Waals surface area (Å²) in [5.41, 5.74) is 0.902. The molecule has 1 unspecified atom stereocenters. The summed E-state index contributed by atoms with van der Waals surface area (Å²) in [6.45, 7) is 3.31. The molecule has 1 aliphatic rings. The van der Waals surface area contributed by atoms with Gasteiger partial charge in [-0.2, -0.15) is 0 Å². The highest BCUT2D eigenvalue weighted by atomic mass is 32.2. The fraction of sp³-hybridized carbons (Fsp3) is 0.455. The molecule has 2 rings (SSSR count). The lowest BCUT2D eigenvalue weighted by Crippen LogP contribution is -2.43. The number of hydrogen-bond acceptors (Lipinski definition) is 4. The Hall–Kier alpha value is -0.910. The Morgan fingerprint density at radius 1 is 1.50 bits per heavy atom. The molecule has 1 saturated heterocycles. The van der Waals surface area contributed by atoms with Crippen molar-refractivity contribution < 1.29 is 18.2 Å². The molecule has 0 spiro atoms. The molecule has 1 atom stereocenters. The van der Waals surface area contributed by atoms with Crippen LogP contribution in [0.2, 0.25) is 0 Å². The Kier molecular flexibility index (Phi) is 3.01. The van der Waals surface area contributed by atoms with Crippen LogP contribution < -0.4 is 4.74 Å². The van der Waals surface area contributed by atoms with Gasteiger partial charge in [-0.15, -0.1) is 0 Å². The second kappa shape index (κ2) is 4.16. The van der Waals surface area contributed by atoms with Gasteiger partial charge < -0.3 is 14.0 Å². The maximum absolute atomic E-state index is 11.1. The van der Waals surface area contributed by atoms with Crippen LogP contribution >= 0.6 is 0 Å². The number of benzene rings is 1. The zero-order chi connectivity index (χ0) is 11.8. The van der Waals surface area contributed by atoms with E-state index >= 15 is 0 Å². The summed E-state index contributed by atoms with van der Waals surface area (Å²) >= 11 is -2.28. The number of ether oxygens (including phenoxy) is 2. The van der Waals surface area contributed by atoms with E-state index in [1.54, 1.807) is 12.1 Å². The average molecular weight is 241 g/mol. The normalized spacial score (nSPS) is 19.9. The number of hydrogen-bond donors (Lipinski definition) is 0. The van der Waals surface area contributed by atoms with Gasteiger partial charge in [0, 0.05) is 5.41 Å². The molecule has 1 aromatic rings. The first-order valence-corrected chi connectivity index (χ1v) is 6.00. The zero-order valence-electron chi connectivity index (χ0n) is 9.19. The van der Waals surface area contributed by atoms with Gasteiger partial charge in [0.05, 0.1) is 25.2 Å². The Bertz CT molecular complexity index is 426. The fourth-order valence-corrected chi connectivity index (χ4v) is 2.30. The van der Waals surface area contributed by atoms with Crippen molar-refractivity contribution >= 4 is 11.1 Å². The molecule has 1 heterocycles. The minimum Gasteiger partial charge on any atom is -0.768 e. The molecule has 0 N–H and O–H groups in total. The maximum Gasteiger partial charge on any atom is 0.133 e. The molecule has 1 fully saturated rings. The summed E-state index contributed by atoms with van der Waals surface area (Å²) in [7, 11) is 1.46. The topological polar surface area (TPSA) is 58.6 Å². The predicted octanol–water partition coefficient (Wildman–Crippen LogP) is 1.22. The van der Waals surface area contributed by atoms with Gasteiger partial charge in [-0.05, 0) is 28.8 Å². The first-order valence-electron chi connectivity index (χ1n) is 4.92. The molecule has 0 aliphatic carbocycles. The quantitative estimate of drug-likeness (QED) is 0.747. The van der Waals surface area contributed by atoms with Crippen LogP contribution in [0.1, 0.15) is 12.5 Å². The van der Waals surface area contributed by atoms with Crippen LogP contribution in [0.3, 0.4) is 0 Å². The molecule has 4 nitrogen and oxygen atoms in total. The molecule has 1 aliphatic heterocycles. The zero-order valence-corrected chi connectivity index (χ0v) is 10.0. The van der Waals surface area contributed by atoms with Crippen molar-refractivity contribution in [2.45, 2.75) is 17.2 Å². The van der Waals surface area contributed by atoms with Crippen molar-refractivity contribution in [2.75, 3.05) is 20.3 Å². The van der Waals surface area contributed by atoms with Gasteiger partial charge in [-0.25, -0.2) is 0 Å². The molecule has 5 heteroatoms. The van der Waals surface area contributed by atoms with Crippen molar-refractivity contribution in [2.24, 2.45) is 0 Å². The average Bonchev–Trinajstić information content (AvgIpc) is 2.25. The van der Waals surface area contributed by atoms with Crippen LogP contribution in [-0.4, -0.2) is 29.1 Å². The Balaban J connectivity index is 2.42. The molecule has 88 valence electrons. The van der Waals surface area contributed by atoms with Crippen LogP contribution in [0.25, 0.3) is 0 Å². The van der Waals surface area contributed by atoms with Crippen LogP contribution in [-0.2, 0) is 21.2 Å². The smallest absolute Gasteiger partial charge is 0.133 e. The lowest BCUT2D eigenvalue weighted by atomic mass is 9.81. The third-order valence-corrected chi connectivity index (χ3v) is 3.56. The monoisotopic (exact) mass is 241 g/mol. The summed E-state index contributed by atoms with van der Waals surface area (Å²) in [5, 5.41) is 0. The Labute approximate surface area is 96.9 Å². The third-order valence-electron chi connectivity index (χ3n) is 2.88. The van der Waals surface area contributed by atoms with E-state index in [9.17, 15) is 8.76 Å². The highest BCUT2D eigenvalue weighted by Crippen LogP contribution is 2.34. The van der Waals surface area contributed by atoms with E-state index in [1.165, 1.54) is 7.11 Å². The van der Waals surface area contributed by atoms with E-state index in [4.69, 9.17) is 9.47 Å². The van der Waals surface area contributed by atoms with Crippen molar-refractivity contribution in [1.29, 1.82) is 0 Å². The van der Waals surface area contributed by atoms with Crippen LogP contribution in [0.5, 0.6) is 5.75 Å². The van der Waals surface area contributed by atoms with Crippen LogP contribution in [0.4, 0.5) is 0 Å². The SMILES string of the molecule is COc1ccc(C2(C)COC2)cc1S(=O)[O-]. The van der Waals surface area contributed by atoms with Gasteiger partial charge in [0.25, 0.3) is 0 Å². The number of rotatable bonds is 3. The summed E-state index contributed by atoms with van der Waals surface area (Å²) in [4.78, 5) is 0.202. The van der Waals surface area contributed by atoms with Gasteiger partial charge in [-0.3, -0.25) is 4.21 Å². The molecule has 16 heavy (non-hydrogen) atoms. The summed E-state index contributed by atoms with van der Waals surface area (Å²) in [6, 6.07) is 5.23. The minimum absolute atomic E-state index is 0.0691. The Morgan fingerprint density at radius 2 is 2.19 bits per heavy atom. The predicted molar refractivity (Wildman–Crippen MR) is 58.4 cm³/mol. The molecule has 0 amide bonds. The van der Waals surface area contributed by atoms with Crippen LogP contribution in [0.15, 0.2) is 23.1 Å². The molecule has 0 saturated carbocycles. The van der Waals surface area contributed by atoms with E-state index in [0.717, 1.165) is 5.56 Å². The number of methoxy groups -OCH3 is 1. The highest BCUT2D eigenvalue weighted by Gasteiger charge is 2.35. The van der Waals surface area contributed by atoms with Gasteiger partial charge in [0.2, 0.25) is 0 Å². The largest absolute Gasteiger partial charge is 0.768 e. The van der Waals surface area contributed by atoms with E-state index in [-0.39, 0.29) is 10.3 Å². The second-order valence-electron chi connectivity index (χ2n) is 4.15. The summed E-state index contributed by atoms with van der Waals surface area (Å²) < 4.78 is 32.3. The van der Waals surface area contributed by atoms with E-state index in [0.29, 0.717) is 19.0 Å². The Morgan fingerprint density at radius 3 is 2.62 bits per heavy atom. The van der Waals surface area contributed by atoms with Gasteiger partial charge in [0.1, 0.15) is 5.75 Å². The highest BCUT2D eigenvalue weighted by molar-refractivity contribution is 7.79. The molecule has 0 aromatic heterocycles. The van der Waals surface area contributed by atoms with Crippen LogP contribution in [0, 0.1) is 0 Å². The van der Waals surface area contributed by atoms with Crippen molar-refractivity contribution in [3.05, 3.63) is 23.8 Å². The summed E-state index contributed by atoms with van der Waals surface area (Å²) in [5.74, 6) is 0.376. The molecule has 0 bridgehead atoms. The van der Waals surface area contributed by atoms with E-state index in [2.05, 4.69) is 6.92 Å². The maximum atomic E-state index is 11.1. The van der Waals surface area contributed by atoms with Crippen molar-refractivity contribution in [1.82, 2.24) is 0 Å². The standard InChI is InChI=1S/C11H14O4S/c1-11(6-15-7-11)8-3-4-9(14-2)10(5-8)16(12)13/h3-5H,6-7H2,1-2H3,(H,12,13)/p-1. The van der Waals surface area contributed by atoms with Crippen molar-refractivity contribution in [3.63, 3.8) is 0 Å². The van der Waals surface area contributed by atoms with Gasteiger partial charge in [0.15, 0.2) is 0 Å². The lowest BCUT2D eigenvalue weighted by molar-refractivity contribution is -0.0501.